The van der Waals surface area contributed by atoms with E-state index in [1.165, 1.54) is 0 Å². The van der Waals surface area contributed by atoms with Gasteiger partial charge < -0.3 is 124 Å². The molecule has 4 saturated carbocycles. The fourth-order valence-electron chi connectivity index (χ4n) is 17.2. The van der Waals surface area contributed by atoms with Crippen molar-refractivity contribution in [3.05, 3.63) is 11.6 Å². The van der Waals surface area contributed by atoms with E-state index in [0.717, 1.165) is 12.5 Å². The number of carboxylic acids is 2. The second kappa shape index (κ2) is 25.8. The highest BCUT2D eigenvalue weighted by Crippen LogP contribution is 2.76. The molecule has 0 unspecified atom stereocenters. The second-order valence-electron chi connectivity index (χ2n) is 28.8. The maximum atomic E-state index is 15.7. The zero-order valence-corrected chi connectivity index (χ0v) is 51.2. The van der Waals surface area contributed by atoms with Gasteiger partial charge in [-0.05, 0) is 117 Å². The van der Waals surface area contributed by atoms with E-state index < -0.39 is 225 Å². The highest BCUT2D eigenvalue weighted by molar-refractivity contribution is 5.79. The third-order valence-electron chi connectivity index (χ3n) is 22.8. The number of allylic oxidation sites excluding steroid dienone is 2. The Morgan fingerprint density at radius 1 is 0.584 bits per heavy atom. The van der Waals surface area contributed by atoms with Crippen LogP contribution in [0.1, 0.15) is 126 Å². The predicted molar refractivity (Wildman–Crippen MR) is 296 cm³/mol. The SMILES string of the molecule is CC1(C)CC[C@]2(C(=O)O[C@@H]3O[C@H](CO[C@@H]4O[C@H](COC(=O)C[C@@](C)(O)CC(=O)O)[C@@H](O)[C@H](O)[C@H]4O[C@@H]4O[C@H](CO)[C@@H](O)[C@H](O)[C@H]4O)[C@@H](O)[C@H](O[C@@H]4O[C@H](CO)[C@@H](O)[C@H](O)[C@H]4O)[C@H]3O)CC[C@]3(C)C(=CC[C@@H]4[C@@]5(C)CC[C@H](O)[C@@](C)(C(=O)O)[C@@H]5CC[C@]43C)[C@@H]2C1. The number of carbonyl (C=O) groups excluding carboxylic acids is 2. The standard InChI is InChI=1S/C60H94O29/c1-54(2)14-16-60(17-15-57(5)25(26(60)18-54)8-9-31-56(4)12-11-33(63)59(7,52(77)78)32(56)10-13-58(31,57)6)53(79)89-50-45(76)46(87-48-43(74)40(71)36(67)27(21-61)83-48)39(70)30(85-50)24-82-51-47(88-49-44(75)41(72)37(68)28(22-62)84-49)42(73)38(69)29(86-51)23-81-35(66)20-55(3,80)19-34(64)65/h8,26-33,36-51,61-63,67-76,80H,9-24H2,1-7H3,(H,64,65)(H,77,78)/t26-,27+,28+,29+,30+,31+,32+,33-,36+,37+,38+,39+,40-,41-,42-,43+,44+,45+,46-,47+,48-,49-,50-,51+,55-,56+,57+,58+,59-,60-/m0/s1. The Balaban J connectivity index is 1.02. The van der Waals surface area contributed by atoms with Crippen LogP contribution in [0.3, 0.4) is 0 Å². The lowest BCUT2D eigenvalue weighted by Crippen LogP contribution is -2.67. The van der Waals surface area contributed by atoms with Crippen LogP contribution in [0.4, 0.5) is 0 Å². The molecule has 4 aliphatic heterocycles. The molecule has 4 saturated heterocycles. The molecule has 0 spiro atoms. The number of carbonyl (C=O) groups is 4. The molecular formula is C60H94O29. The summed E-state index contributed by atoms with van der Waals surface area (Å²) in [5.74, 6) is -5.12. The molecule has 0 amide bonds. The van der Waals surface area contributed by atoms with Gasteiger partial charge >= 0.3 is 23.9 Å². The molecule has 9 rings (SSSR count). The minimum absolute atomic E-state index is 0.0209. The number of ether oxygens (including phenoxy) is 9. The molecule has 8 fully saturated rings. The highest BCUT2D eigenvalue weighted by Gasteiger charge is 2.71. The molecule has 4 heterocycles. The van der Waals surface area contributed by atoms with Crippen LogP contribution >= 0.6 is 0 Å². The van der Waals surface area contributed by atoms with Gasteiger partial charge in [0.2, 0.25) is 6.29 Å². The van der Waals surface area contributed by atoms with E-state index in [4.69, 9.17) is 42.6 Å². The number of aliphatic hydroxyl groups excluding tert-OH is 13. The number of esters is 2. The molecule has 0 aromatic heterocycles. The Kier molecular flexibility index (Phi) is 20.3. The molecule has 0 aromatic rings. The van der Waals surface area contributed by atoms with Crippen molar-refractivity contribution < 1.29 is 144 Å². The monoisotopic (exact) mass is 1280 g/mol. The van der Waals surface area contributed by atoms with Crippen molar-refractivity contribution in [2.24, 2.45) is 50.2 Å². The number of aliphatic carboxylic acids is 2. The topological polar surface area (TPSA) is 475 Å². The van der Waals surface area contributed by atoms with Crippen LogP contribution < -0.4 is 0 Å². The predicted octanol–water partition coefficient (Wildman–Crippen LogP) is -2.80. The third-order valence-corrected chi connectivity index (χ3v) is 22.8. The molecule has 0 radical (unpaired) electrons. The number of hydrogen-bond acceptors (Lipinski definition) is 27. The van der Waals surface area contributed by atoms with Crippen LogP contribution in [-0.4, -0.2) is 267 Å². The Labute approximate surface area is 514 Å². The summed E-state index contributed by atoms with van der Waals surface area (Å²) in [5, 5.41) is 174. The third kappa shape index (κ3) is 12.5. The van der Waals surface area contributed by atoms with Gasteiger partial charge in [0.25, 0.3) is 0 Å². The summed E-state index contributed by atoms with van der Waals surface area (Å²) in [4.78, 5) is 52.9. The van der Waals surface area contributed by atoms with Gasteiger partial charge in [-0.15, -0.1) is 0 Å². The van der Waals surface area contributed by atoms with Crippen LogP contribution in [0.5, 0.6) is 0 Å². The Morgan fingerprint density at radius 2 is 1.13 bits per heavy atom. The Morgan fingerprint density at radius 3 is 1.72 bits per heavy atom. The van der Waals surface area contributed by atoms with Crippen molar-refractivity contribution in [2.45, 2.75) is 260 Å². The Bertz CT molecular complexity index is 2580. The van der Waals surface area contributed by atoms with Gasteiger partial charge in [-0.25, -0.2) is 0 Å². The lowest BCUT2D eigenvalue weighted by atomic mass is 9.33. The quantitative estimate of drug-likeness (QED) is 0.0487. The largest absolute Gasteiger partial charge is 0.481 e. The van der Waals surface area contributed by atoms with Crippen LogP contribution in [0.25, 0.3) is 0 Å². The minimum atomic E-state index is -2.17. The van der Waals surface area contributed by atoms with Crippen LogP contribution in [0.15, 0.2) is 11.6 Å². The van der Waals surface area contributed by atoms with Crippen LogP contribution in [0.2, 0.25) is 0 Å². The van der Waals surface area contributed by atoms with Crippen molar-refractivity contribution in [1.82, 2.24) is 0 Å². The number of aliphatic hydroxyl groups is 14. The average Bonchev–Trinajstić information content (AvgIpc) is 0.761. The van der Waals surface area contributed by atoms with E-state index in [-0.39, 0.29) is 22.7 Å². The van der Waals surface area contributed by atoms with E-state index in [2.05, 4.69) is 40.7 Å². The minimum Gasteiger partial charge on any atom is -0.481 e. The summed E-state index contributed by atoms with van der Waals surface area (Å²) in [5.41, 5.74) is -5.24. The van der Waals surface area contributed by atoms with Gasteiger partial charge in [-0.1, -0.05) is 46.3 Å². The summed E-state index contributed by atoms with van der Waals surface area (Å²) in [7, 11) is 0. The first-order valence-corrected chi connectivity index (χ1v) is 31.0. The summed E-state index contributed by atoms with van der Waals surface area (Å²) in [6, 6.07) is 0. The molecule has 29 nitrogen and oxygen atoms in total. The lowest BCUT2D eigenvalue weighted by Gasteiger charge is -2.71. The molecule has 29 heteroatoms. The molecular weight excluding hydrogens is 1180 g/mol. The summed E-state index contributed by atoms with van der Waals surface area (Å²) < 4.78 is 52.9. The average molecular weight is 1280 g/mol. The van der Waals surface area contributed by atoms with Crippen LogP contribution in [-0.2, 0) is 61.8 Å². The molecule has 0 bridgehead atoms. The smallest absolute Gasteiger partial charge is 0.315 e. The zero-order valence-electron chi connectivity index (χ0n) is 51.2. The number of hydrogen-bond donors (Lipinski definition) is 16. The number of rotatable bonds is 18. The van der Waals surface area contributed by atoms with Gasteiger partial charge in [-0.2, -0.15) is 0 Å². The Hall–Kier alpha value is -3.22. The molecule has 9 aliphatic rings. The number of fused-ring (bicyclic) bond motifs is 7. The van der Waals surface area contributed by atoms with Crippen LogP contribution in [0, 0.1) is 50.2 Å². The first kappa shape index (κ1) is 70.1. The van der Waals surface area contributed by atoms with E-state index >= 15 is 4.79 Å². The fraction of sp³-hybridized carbons (Fsp3) is 0.900. The highest BCUT2D eigenvalue weighted by atomic mass is 16.8. The molecule has 0 aromatic carbocycles. The molecule has 30 atom stereocenters. The molecule has 89 heavy (non-hydrogen) atoms. The summed E-state index contributed by atoms with van der Waals surface area (Å²) in [6.45, 7) is 10.0. The van der Waals surface area contributed by atoms with Crippen molar-refractivity contribution in [3.63, 3.8) is 0 Å². The molecule has 508 valence electrons. The normalized spacial score (nSPS) is 49.5. The first-order chi connectivity index (χ1) is 41.4. The van der Waals surface area contributed by atoms with Gasteiger partial charge in [0.05, 0.1) is 55.2 Å². The maximum Gasteiger partial charge on any atom is 0.315 e. The summed E-state index contributed by atoms with van der Waals surface area (Å²) in [6.07, 6.45) is -34.7. The second-order valence-corrected chi connectivity index (χ2v) is 28.8. The van der Waals surface area contributed by atoms with Crippen molar-refractivity contribution in [1.29, 1.82) is 0 Å². The molecule has 5 aliphatic carbocycles. The van der Waals surface area contributed by atoms with Gasteiger partial charge in [0, 0.05) is 0 Å². The van der Waals surface area contributed by atoms with E-state index in [0.29, 0.717) is 64.2 Å². The lowest BCUT2D eigenvalue weighted by molar-refractivity contribution is -0.377. The van der Waals surface area contributed by atoms with E-state index in [1.807, 2.05) is 0 Å². The van der Waals surface area contributed by atoms with E-state index in [9.17, 15) is 96.1 Å². The zero-order chi connectivity index (χ0) is 65.6. The van der Waals surface area contributed by atoms with Gasteiger partial charge in [-0.3, -0.25) is 19.2 Å². The summed E-state index contributed by atoms with van der Waals surface area (Å²) >= 11 is 0. The van der Waals surface area contributed by atoms with Gasteiger partial charge in [0.1, 0.15) is 104 Å². The van der Waals surface area contributed by atoms with Crippen molar-refractivity contribution in [3.8, 4) is 0 Å². The maximum absolute atomic E-state index is 15.7. The van der Waals surface area contributed by atoms with E-state index in [1.54, 1.807) is 6.92 Å². The fourth-order valence-corrected chi connectivity index (χ4v) is 17.2. The molecule has 16 N–H and O–H groups in total. The van der Waals surface area contributed by atoms with Crippen molar-refractivity contribution in [2.75, 3.05) is 26.4 Å². The van der Waals surface area contributed by atoms with Gasteiger partial charge in [0.15, 0.2) is 18.9 Å². The number of carboxylic acid groups (broad SMARTS) is 2. The first-order valence-electron chi connectivity index (χ1n) is 31.0. The van der Waals surface area contributed by atoms with Crippen molar-refractivity contribution >= 4 is 23.9 Å².